The monoisotopic (exact) mass is 332 g/mol. The highest BCUT2D eigenvalue weighted by Gasteiger charge is 2.27. The van der Waals surface area contributed by atoms with Crippen molar-refractivity contribution in [1.82, 2.24) is 14.9 Å². The average Bonchev–Trinajstić information content (AvgIpc) is 3.09. The molecule has 1 saturated heterocycles. The molecule has 0 aliphatic carbocycles. The van der Waals surface area contributed by atoms with Crippen LogP contribution >= 0.6 is 11.3 Å². The van der Waals surface area contributed by atoms with Gasteiger partial charge in [-0.3, -0.25) is 4.79 Å². The Balaban J connectivity index is 1.69. The highest BCUT2D eigenvalue weighted by Crippen LogP contribution is 2.24. The lowest BCUT2D eigenvalue weighted by Crippen LogP contribution is -2.44. The maximum absolute atomic E-state index is 12.5. The molecule has 0 unspecified atom stereocenters. The van der Waals surface area contributed by atoms with Gasteiger partial charge in [0.1, 0.15) is 6.10 Å². The molecule has 1 aliphatic heterocycles. The summed E-state index contributed by atoms with van der Waals surface area (Å²) in [5, 5.41) is 3.81. The first-order valence-electron chi connectivity index (χ1n) is 7.61. The van der Waals surface area contributed by atoms with E-state index in [0.717, 1.165) is 24.9 Å². The van der Waals surface area contributed by atoms with Crippen LogP contribution in [-0.4, -0.2) is 54.1 Å². The molecule has 122 valence electrons. The van der Waals surface area contributed by atoms with Crippen LogP contribution in [0.15, 0.2) is 29.2 Å². The van der Waals surface area contributed by atoms with Crippen molar-refractivity contribution in [3.63, 3.8) is 0 Å². The summed E-state index contributed by atoms with van der Waals surface area (Å²) < 4.78 is 6.04. The van der Waals surface area contributed by atoms with Gasteiger partial charge in [0, 0.05) is 38.4 Å². The molecule has 1 amide bonds. The second kappa shape index (κ2) is 6.95. The maximum Gasteiger partial charge on any atom is 0.257 e. The molecule has 1 atom stereocenters. The topological polar surface area (TPSA) is 58.6 Å². The van der Waals surface area contributed by atoms with Crippen molar-refractivity contribution >= 4 is 23.1 Å². The number of carbonyl (C=O) groups excluding carboxylic acids is 1. The molecule has 23 heavy (non-hydrogen) atoms. The van der Waals surface area contributed by atoms with Crippen LogP contribution in [-0.2, 0) is 0 Å². The van der Waals surface area contributed by atoms with Gasteiger partial charge in [0.05, 0.1) is 12.1 Å². The minimum atomic E-state index is -0.0539. The number of likely N-dealkylation sites (tertiary alicyclic amines) is 1. The van der Waals surface area contributed by atoms with E-state index >= 15 is 0 Å². The number of ether oxygens (including phenoxy) is 1. The van der Waals surface area contributed by atoms with E-state index in [4.69, 9.17) is 4.74 Å². The van der Waals surface area contributed by atoms with Crippen LogP contribution in [0, 0.1) is 0 Å². The molecule has 0 N–H and O–H groups in total. The van der Waals surface area contributed by atoms with Crippen molar-refractivity contribution in [2.45, 2.75) is 18.9 Å². The van der Waals surface area contributed by atoms with E-state index in [0.29, 0.717) is 18.2 Å². The summed E-state index contributed by atoms with van der Waals surface area (Å²) in [6, 6.07) is 1.87. The quantitative estimate of drug-likeness (QED) is 0.860. The van der Waals surface area contributed by atoms with E-state index in [1.807, 2.05) is 40.7 Å². The number of piperidine rings is 1. The minimum Gasteiger partial charge on any atom is -0.470 e. The predicted octanol–water partition coefficient (Wildman–Crippen LogP) is 2.29. The predicted molar refractivity (Wildman–Crippen MR) is 90.2 cm³/mol. The number of thiophene rings is 1. The zero-order valence-electron chi connectivity index (χ0n) is 13.3. The molecule has 3 rings (SSSR count). The fourth-order valence-electron chi connectivity index (χ4n) is 2.65. The smallest absolute Gasteiger partial charge is 0.257 e. The normalized spacial score (nSPS) is 17.8. The summed E-state index contributed by atoms with van der Waals surface area (Å²) in [6.45, 7) is 1.35. The van der Waals surface area contributed by atoms with Gasteiger partial charge in [0.25, 0.3) is 11.8 Å². The minimum absolute atomic E-state index is 0.0539. The molecular formula is C16H20N4O2S. The second-order valence-electron chi connectivity index (χ2n) is 5.72. The zero-order valence-corrected chi connectivity index (χ0v) is 14.1. The number of rotatable bonds is 4. The van der Waals surface area contributed by atoms with E-state index in [-0.39, 0.29) is 12.0 Å². The summed E-state index contributed by atoms with van der Waals surface area (Å²) in [4.78, 5) is 24.8. The Morgan fingerprint density at radius 1 is 1.39 bits per heavy atom. The second-order valence-corrected chi connectivity index (χ2v) is 6.50. The van der Waals surface area contributed by atoms with Crippen LogP contribution < -0.4 is 9.64 Å². The van der Waals surface area contributed by atoms with Crippen LogP contribution in [0.1, 0.15) is 23.2 Å². The lowest BCUT2D eigenvalue weighted by atomic mass is 10.1. The van der Waals surface area contributed by atoms with Gasteiger partial charge in [-0.15, -0.1) is 0 Å². The highest BCUT2D eigenvalue weighted by atomic mass is 32.1. The molecule has 0 saturated carbocycles. The number of carbonyl (C=O) groups is 1. The summed E-state index contributed by atoms with van der Waals surface area (Å²) in [5.74, 6) is 1.30. The third-order valence-corrected chi connectivity index (χ3v) is 4.47. The Kier molecular flexibility index (Phi) is 4.76. The van der Waals surface area contributed by atoms with E-state index in [1.165, 1.54) is 11.3 Å². The fourth-order valence-corrected chi connectivity index (χ4v) is 3.28. The Hall–Kier alpha value is -2.15. The molecule has 7 heteroatoms. The molecular weight excluding hydrogens is 312 g/mol. The van der Waals surface area contributed by atoms with E-state index in [2.05, 4.69) is 9.97 Å². The van der Waals surface area contributed by atoms with E-state index < -0.39 is 0 Å². The standard InChI is InChI=1S/C16H20N4O2S/c1-19(2)14-15(18-7-6-17-14)22-13-4-3-8-20(10-13)16(21)12-5-9-23-11-12/h5-7,9,11,13H,3-4,8,10H2,1-2H3/t13-/m0/s1. The van der Waals surface area contributed by atoms with Crippen LogP contribution in [0.2, 0.25) is 0 Å². The number of hydrogen-bond acceptors (Lipinski definition) is 6. The van der Waals surface area contributed by atoms with Gasteiger partial charge in [-0.05, 0) is 24.3 Å². The third-order valence-electron chi connectivity index (χ3n) is 3.78. The number of nitrogens with zero attached hydrogens (tertiary/aromatic N) is 4. The first-order valence-corrected chi connectivity index (χ1v) is 8.56. The Bertz CT molecular complexity index is 660. The zero-order chi connectivity index (χ0) is 16.2. The van der Waals surface area contributed by atoms with Gasteiger partial charge >= 0.3 is 0 Å². The first kappa shape index (κ1) is 15.7. The lowest BCUT2D eigenvalue weighted by Gasteiger charge is -2.33. The molecule has 1 aliphatic rings. The third kappa shape index (κ3) is 3.61. The fraction of sp³-hybridized carbons (Fsp3) is 0.438. The molecule has 0 spiro atoms. The van der Waals surface area contributed by atoms with Crippen LogP contribution in [0.25, 0.3) is 0 Å². The van der Waals surface area contributed by atoms with E-state index in [1.54, 1.807) is 12.4 Å². The van der Waals surface area contributed by atoms with Gasteiger partial charge in [-0.2, -0.15) is 11.3 Å². The molecule has 6 nitrogen and oxygen atoms in total. The van der Waals surface area contributed by atoms with Gasteiger partial charge in [0.15, 0.2) is 5.82 Å². The van der Waals surface area contributed by atoms with Crippen LogP contribution in [0.5, 0.6) is 5.88 Å². The molecule has 2 aromatic heterocycles. The van der Waals surface area contributed by atoms with Crippen molar-refractivity contribution in [1.29, 1.82) is 0 Å². The molecule has 0 bridgehead atoms. The summed E-state index contributed by atoms with van der Waals surface area (Å²) in [6.07, 6.45) is 5.06. The van der Waals surface area contributed by atoms with Crippen molar-refractivity contribution in [2.24, 2.45) is 0 Å². The number of aromatic nitrogens is 2. The summed E-state index contributed by atoms with van der Waals surface area (Å²) >= 11 is 1.54. The Morgan fingerprint density at radius 2 is 2.22 bits per heavy atom. The van der Waals surface area contributed by atoms with E-state index in [9.17, 15) is 4.79 Å². The van der Waals surface area contributed by atoms with Crippen molar-refractivity contribution in [3.8, 4) is 5.88 Å². The summed E-state index contributed by atoms with van der Waals surface area (Å²) in [7, 11) is 3.81. The van der Waals surface area contributed by atoms with Crippen molar-refractivity contribution in [3.05, 3.63) is 34.8 Å². The maximum atomic E-state index is 12.5. The number of amides is 1. The van der Waals surface area contributed by atoms with Gasteiger partial charge < -0.3 is 14.5 Å². The first-order chi connectivity index (χ1) is 11.1. The van der Waals surface area contributed by atoms with Gasteiger partial charge in [-0.25, -0.2) is 9.97 Å². The molecule has 0 radical (unpaired) electrons. The van der Waals surface area contributed by atoms with Gasteiger partial charge in [0.2, 0.25) is 0 Å². The number of anilines is 1. The van der Waals surface area contributed by atoms with Crippen molar-refractivity contribution in [2.75, 3.05) is 32.1 Å². The van der Waals surface area contributed by atoms with Crippen LogP contribution in [0.4, 0.5) is 5.82 Å². The number of hydrogen-bond donors (Lipinski definition) is 0. The highest BCUT2D eigenvalue weighted by molar-refractivity contribution is 7.08. The molecule has 1 fully saturated rings. The molecule has 0 aromatic carbocycles. The summed E-state index contributed by atoms with van der Waals surface area (Å²) in [5.41, 5.74) is 0.754. The van der Waals surface area contributed by atoms with Crippen LogP contribution in [0.3, 0.4) is 0 Å². The SMILES string of the molecule is CN(C)c1nccnc1O[C@H]1CCCN(C(=O)c2ccsc2)C1. The van der Waals surface area contributed by atoms with Gasteiger partial charge in [-0.1, -0.05) is 0 Å². The lowest BCUT2D eigenvalue weighted by molar-refractivity contribution is 0.0529. The average molecular weight is 332 g/mol. The largest absolute Gasteiger partial charge is 0.470 e. The Labute approximate surface area is 139 Å². The Morgan fingerprint density at radius 3 is 2.96 bits per heavy atom. The molecule has 2 aromatic rings. The molecule has 3 heterocycles. The van der Waals surface area contributed by atoms with Crippen molar-refractivity contribution < 1.29 is 9.53 Å².